The molecule has 1 heterocycles. The second-order valence-corrected chi connectivity index (χ2v) is 7.75. The minimum Gasteiger partial charge on any atom is -0.354 e. The van der Waals surface area contributed by atoms with Gasteiger partial charge in [0.15, 0.2) is 0 Å². The van der Waals surface area contributed by atoms with Gasteiger partial charge in [-0.05, 0) is 37.5 Å². The molecule has 6 heteroatoms. The number of hydrogen-bond acceptors (Lipinski definition) is 3. The van der Waals surface area contributed by atoms with Crippen molar-refractivity contribution < 1.29 is 14.4 Å². The highest BCUT2D eigenvalue weighted by Gasteiger charge is 2.55. The molecule has 3 fully saturated rings. The fourth-order valence-electron chi connectivity index (χ4n) is 4.49. The highest BCUT2D eigenvalue weighted by molar-refractivity contribution is 6.09. The molecule has 2 unspecified atom stereocenters. The molecule has 0 aromatic rings. The van der Waals surface area contributed by atoms with Gasteiger partial charge in [0.1, 0.15) is 12.1 Å². The zero-order valence-corrected chi connectivity index (χ0v) is 14.6. The molecule has 3 rings (SSSR count). The van der Waals surface area contributed by atoms with Gasteiger partial charge >= 0.3 is 6.03 Å². The molecule has 0 aromatic carbocycles. The van der Waals surface area contributed by atoms with Crippen molar-refractivity contribution >= 4 is 17.8 Å². The Kier molecular flexibility index (Phi) is 5.11. The summed E-state index contributed by atoms with van der Waals surface area (Å²) in [5.74, 6) is 0.214. The number of amides is 4. The topological polar surface area (TPSA) is 78.5 Å². The Morgan fingerprint density at radius 2 is 1.88 bits per heavy atom. The van der Waals surface area contributed by atoms with Crippen molar-refractivity contribution in [2.24, 2.45) is 11.8 Å². The van der Waals surface area contributed by atoms with E-state index in [0.717, 1.165) is 37.0 Å². The normalized spacial score (nSPS) is 31.4. The Morgan fingerprint density at radius 3 is 2.58 bits per heavy atom. The predicted octanol–water partition coefficient (Wildman–Crippen LogP) is 2.18. The number of urea groups is 1. The van der Waals surface area contributed by atoms with E-state index in [1.54, 1.807) is 0 Å². The third kappa shape index (κ3) is 3.28. The Morgan fingerprint density at radius 1 is 1.17 bits per heavy atom. The van der Waals surface area contributed by atoms with Gasteiger partial charge in [-0.3, -0.25) is 14.5 Å². The Labute approximate surface area is 143 Å². The number of imide groups is 1. The molecular weight excluding hydrogens is 306 g/mol. The molecule has 2 aliphatic carbocycles. The van der Waals surface area contributed by atoms with Gasteiger partial charge in [0, 0.05) is 6.54 Å². The van der Waals surface area contributed by atoms with Crippen LogP contribution in [-0.4, -0.2) is 41.4 Å². The van der Waals surface area contributed by atoms with Crippen LogP contribution in [0.3, 0.4) is 0 Å². The molecule has 0 radical (unpaired) electrons. The SMILES string of the molecule is CC1CCCCC12NC(=O)N(CC(=O)NCC1CCCCC1)C2=O. The van der Waals surface area contributed by atoms with Crippen LogP contribution in [0, 0.1) is 11.8 Å². The summed E-state index contributed by atoms with van der Waals surface area (Å²) < 4.78 is 0. The summed E-state index contributed by atoms with van der Waals surface area (Å²) in [5, 5.41) is 5.80. The molecular formula is C18H29N3O3. The number of carbonyl (C=O) groups is 3. The lowest BCUT2D eigenvalue weighted by Gasteiger charge is -2.36. The van der Waals surface area contributed by atoms with E-state index in [2.05, 4.69) is 10.6 Å². The third-order valence-electron chi connectivity index (χ3n) is 6.12. The van der Waals surface area contributed by atoms with Crippen molar-refractivity contribution in [3.05, 3.63) is 0 Å². The molecule has 4 amide bonds. The number of carbonyl (C=O) groups excluding carboxylic acids is 3. The van der Waals surface area contributed by atoms with Crippen LogP contribution in [0.1, 0.15) is 64.7 Å². The summed E-state index contributed by atoms with van der Waals surface area (Å²) in [6, 6.07) is -0.415. The highest BCUT2D eigenvalue weighted by Crippen LogP contribution is 2.38. The monoisotopic (exact) mass is 335 g/mol. The summed E-state index contributed by atoms with van der Waals surface area (Å²) in [6.45, 7) is 2.51. The fourth-order valence-corrected chi connectivity index (χ4v) is 4.49. The molecule has 2 atom stereocenters. The maximum Gasteiger partial charge on any atom is 0.325 e. The van der Waals surface area contributed by atoms with Crippen molar-refractivity contribution in [2.75, 3.05) is 13.1 Å². The molecule has 2 saturated carbocycles. The second kappa shape index (κ2) is 7.11. The smallest absolute Gasteiger partial charge is 0.325 e. The van der Waals surface area contributed by atoms with Crippen LogP contribution in [0.15, 0.2) is 0 Å². The van der Waals surface area contributed by atoms with Crippen molar-refractivity contribution in [1.29, 1.82) is 0 Å². The van der Waals surface area contributed by atoms with Crippen molar-refractivity contribution in [1.82, 2.24) is 15.5 Å². The van der Waals surface area contributed by atoms with Crippen LogP contribution in [0.5, 0.6) is 0 Å². The van der Waals surface area contributed by atoms with Crippen LogP contribution in [0.4, 0.5) is 4.79 Å². The average Bonchev–Trinajstić information content (AvgIpc) is 2.82. The number of hydrogen-bond donors (Lipinski definition) is 2. The molecule has 24 heavy (non-hydrogen) atoms. The fraction of sp³-hybridized carbons (Fsp3) is 0.833. The lowest BCUT2D eigenvalue weighted by Crippen LogP contribution is -2.54. The zero-order valence-electron chi connectivity index (χ0n) is 14.6. The lowest BCUT2D eigenvalue weighted by molar-refractivity contribution is -0.137. The maximum absolute atomic E-state index is 12.8. The second-order valence-electron chi connectivity index (χ2n) is 7.75. The van der Waals surface area contributed by atoms with Crippen LogP contribution in [0.2, 0.25) is 0 Å². The van der Waals surface area contributed by atoms with E-state index in [-0.39, 0.29) is 24.3 Å². The van der Waals surface area contributed by atoms with E-state index in [1.807, 2.05) is 6.92 Å². The van der Waals surface area contributed by atoms with Gasteiger partial charge in [0.2, 0.25) is 5.91 Å². The van der Waals surface area contributed by atoms with Gasteiger partial charge in [-0.25, -0.2) is 4.79 Å². The van der Waals surface area contributed by atoms with E-state index in [1.165, 1.54) is 19.3 Å². The summed E-state index contributed by atoms with van der Waals surface area (Å²) in [6.07, 6.45) is 9.71. The van der Waals surface area contributed by atoms with Gasteiger partial charge < -0.3 is 10.6 Å². The molecule has 134 valence electrons. The van der Waals surface area contributed by atoms with Gasteiger partial charge in [-0.2, -0.15) is 0 Å². The van der Waals surface area contributed by atoms with E-state index < -0.39 is 11.6 Å². The van der Waals surface area contributed by atoms with E-state index in [9.17, 15) is 14.4 Å². The van der Waals surface area contributed by atoms with E-state index in [4.69, 9.17) is 0 Å². The first-order valence-corrected chi connectivity index (χ1v) is 9.44. The highest BCUT2D eigenvalue weighted by atomic mass is 16.2. The Hall–Kier alpha value is -1.59. The summed E-state index contributed by atoms with van der Waals surface area (Å²) in [5.41, 5.74) is -0.779. The Bertz CT molecular complexity index is 516. The summed E-state index contributed by atoms with van der Waals surface area (Å²) in [4.78, 5) is 38.4. The van der Waals surface area contributed by atoms with Gasteiger partial charge in [-0.15, -0.1) is 0 Å². The first-order valence-electron chi connectivity index (χ1n) is 9.44. The van der Waals surface area contributed by atoms with E-state index >= 15 is 0 Å². The molecule has 1 aliphatic heterocycles. The van der Waals surface area contributed by atoms with Crippen molar-refractivity contribution in [3.63, 3.8) is 0 Å². The first kappa shape index (κ1) is 17.2. The number of nitrogens with one attached hydrogen (secondary N) is 2. The maximum atomic E-state index is 12.8. The molecule has 1 spiro atoms. The molecule has 2 N–H and O–H groups in total. The average molecular weight is 335 g/mol. The summed E-state index contributed by atoms with van der Waals surface area (Å²) in [7, 11) is 0. The standard InChI is InChI=1S/C18H29N3O3/c1-13-7-5-6-10-18(13)16(23)21(17(24)20-18)12-15(22)19-11-14-8-3-2-4-9-14/h13-14H,2-12H2,1H3,(H,19,22)(H,20,24). The molecule has 6 nitrogen and oxygen atoms in total. The predicted molar refractivity (Wildman–Crippen MR) is 90.2 cm³/mol. The van der Waals surface area contributed by atoms with E-state index in [0.29, 0.717) is 18.9 Å². The van der Waals surface area contributed by atoms with Crippen molar-refractivity contribution in [2.45, 2.75) is 70.3 Å². The molecule has 1 saturated heterocycles. The van der Waals surface area contributed by atoms with Crippen LogP contribution >= 0.6 is 0 Å². The molecule has 3 aliphatic rings. The lowest BCUT2D eigenvalue weighted by atomic mass is 9.73. The molecule has 0 bridgehead atoms. The Balaban J connectivity index is 1.55. The van der Waals surface area contributed by atoms with Crippen LogP contribution in [-0.2, 0) is 9.59 Å². The van der Waals surface area contributed by atoms with Gasteiger partial charge in [0.25, 0.3) is 5.91 Å². The summed E-state index contributed by atoms with van der Waals surface area (Å²) >= 11 is 0. The quantitative estimate of drug-likeness (QED) is 0.773. The number of rotatable bonds is 4. The van der Waals surface area contributed by atoms with Gasteiger partial charge in [0.05, 0.1) is 0 Å². The van der Waals surface area contributed by atoms with Crippen LogP contribution in [0.25, 0.3) is 0 Å². The third-order valence-corrected chi connectivity index (χ3v) is 6.12. The molecule has 0 aromatic heterocycles. The minimum absolute atomic E-state index is 0.123. The van der Waals surface area contributed by atoms with Gasteiger partial charge in [-0.1, -0.05) is 39.0 Å². The number of nitrogens with zero attached hydrogens (tertiary/aromatic N) is 1. The van der Waals surface area contributed by atoms with Crippen LogP contribution < -0.4 is 10.6 Å². The zero-order chi connectivity index (χ0) is 17.2. The van der Waals surface area contributed by atoms with Crippen molar-refractivity contribution in [3.8, 4) is 0 Å². The first-order chi connectivity index (χ1) is 11.5. The minimum atomic E-state index is -0.779. The largest absolute Gasteiger partial charge is 0.354 e.